The summed E-state index contributed by atoms with van der Waals surface area (Å²) in [4.78, 5) is 22.7. The summed E-state index contributed by atoms with van der Waals surface area (Å²) in [5.74, 6) is 0.721. The van der Waals surface area contributed by atoms with Crippen molar-refractivity contribution in [1.82, 2.24) is 0 Å². The Labute approximate surface area is 191 Å². The fourth-order valence-corrected chi connectivity index (χ4v) is 8.05. The molecule has 1 N–H and O–H groups in total. The highest BCUT2D eigenvalue weighted by atomic mass is 16.5. The van der Waals surface area contributed by atoms with Crippen LogP contribution in [0, 0.1) is 28.1 Å². The Hall–Kier alpha value is -1.62. The van der Waals surface area contributed by atoms with Crippen LogP contribution in [0.2, 0.25) is 0 Å². The minimum atomic E-state index is -0.704. The normalized spacial score (nSPS) is 40.4. The summed E-state index contributed by atoms with van der Waals surface area (Å²) in [5, 5.41) is 12.3. The van der Waals surface area contributed by atoms with Crippen LogP contribution in [0.5, 0.6) is 0 Å². The van der Waals surface area contributed by atoms with Gasteiger partial charge in [-0.25, -0.2) is 4.79 Å². The first kappa shape index (κ1) is 23.5. The molecule has 1 aromatic heterocycles. The van der Waals surface area contributed by atoms with Gasteiger partial charge in [0, 0.05) is 18.4 Å². The second-order valence-corrected chi connectivity index (χ2v) is 11.9. The largest absolute Gasteiger partial charge is 0.466 e. The van der Waals surface area contributed by atoms with Crippen LogP contribution in [-0.4, -0.2) is 23.3 Å². The second-order valence-electron chi connectivity index (χ2n) is 11.9. The van der Waals surface area contributed by atoms with Gasteiger partial charge in [0.05, 0.1) is 18.5 Å². The third kappa shape index (κ3) is 3.46. The number of hydrogen-bond acceptors (Lipinski definition) is 5. The average molecular weight is 445 g/mol. The van der Waals surface area contributed by atoms with Gasteiger partial charge in [-0.05, 0) is 91.6 Å². The Morgan fingerprint density at radius 1 is 1.09 bits per heavy atom. The van der Waals surface area contributed by atoms with E-state index in [-0.39, 0.29) is 39.7 Å². The predicted octanol–water partition coefficient (Wildman–Crippen LogP) is 5.45. The molecule has 2 unspecified atom stereocenters. The lowest BCUT2D eigenvalue weighted by molar-refractivity contribution is -0.211. The van der Waals surface area contributed by atoms with Gasteiger partial charge in [-0.1, -0.05) is 27.7 Å². The first-order valence-corrected chi connectivity index (χ1v) is 12.4. The molecule has 0 aromatic carbocycles. The molecule has 6 atom stereocenters. The van der Waals surface area contributed by atoms with Crippen molar-refractivity contribution in [2.24, 2.45) is 28.1 Å². The molecule has 3 aliphatic carbocycles. The molecule has 0 amide bonds. The topological polar surface area (TPSA) is 76.7 Å². The van der Waals surface area contributed by atoms with Crippen LogP contribution < -0.4 is 5.63 Å². The molecule has 0 radical (unpaired) electrons. The Morgan fingerprint density at radius 2 is 1.81 bits per heavy atom. The van der Waals surface area contributed by atoms with E-state index < -0.39 is 5.60 Å². The zero-order valence-electron chi connectivity index (χ0n) is 20.4. The molecule has 0 saturated heterocycles. The van der Waals surface area contributed by atoms with E-state index in [4.69, 9.17) is 9.15 Å². The zero-order chi connectivity index (χ0) is 23.4. The van der Waals surface area contributed by atoms with E-state index in [2.05, 4.69) is 27.7 Å². The van der Waals surface area contributed by atoms with Crippen molar-refractivity contribution in [2.75, 3.05) is 6.61 Å². The monoisotopic (exact) mass is 444 g/mol. The molecular formula is C27H40O5. The summed E-state index contributed by atoms with van der Waals surface area (Å²) in [6, 6.07) is 3.40. The van der Waals surface area contributed by atoms with E-state index >= 15 is 0 Å². The quantitative estimate of drug-likeness (QED) is 0.483. The van der Waals surface area contributed by atoms with Gasteiger partial charge in [0.2, 0.25) is 0 Å². The standard InChI is InChI=1S/C27H40O5/c1-18(28)31-16-6-12-25(4)21-10-14-26(5)20(19-7-8-23(29)32-17-19)11-15-27(26,30)22(21)9-13-24(25,2)3/h7-8,17,20-22,30H,6,9-16H2,1-5H3/t20-,21?,22?,25-,26-,27+/m1/s1. The van der Waals surface area contributed by atoms with Crippen molar-refractivity contribution < 1.29 is 19.1 Å². The van der Waals surface area contributed by atoms with Gasteiger partial charge in [-0.2, -0.15) is 0 Å². The van der Waals surface area contributed by atoms with Crippen molar-refractivity contribution >= 4 is 5.97 Å². The SMILES string of the molecule is CC(=O)OCCC[C@]1(C)C2CC[C@]3(C)[C@@H](c4ccc(=O)oc4)CC[C@]3(O)C2CCC1(C)C. The fourth-order valence-electron chi connectivity index (χ4n) is 8.05. The molecule has 1 aromatic rings. The van der Waals surface area contributed by atoms with Gasteiger partial charge in [0.25, 0.3) is 0 Å². The number of fused-ring (bicyclic) bond motifs is 3. The van der Waals surface area contributed by atoms with Gasteiger partial charge >= 0.3 is 11.6 Å². The number of carbonyl (C=O) groups excluding carboxylic acids is 1. The van der Waals surface area contributed by atoms with Crippen molar-refractivity contribution in [3.63, 3.8) is 0 Å². The van der Waals surface area contributed by atoms with Crippen LogP contribution in [-0.2, 0) is 9.53 Å². The van der Waals surface area contributed by atoms with Crippen LogP contribution in [0.1, 0.15) is 97.5 Å². The molecule has 178 valence electrons. The summed E-state index contributed by atoms with van der Waals surface area (Å²) in [7, 11) is 0. The molecule has 3 aliphatic rings. The Kier molecular flexibility index (Phi) is 5.89. The second kappa shape index (κ2) is 8.00. The highest BCUT2D eigenvalue weighted by Crippen LogP contribution is 2.71. The van der Waals surface area contributed by atoms with E-state index in [1.54, 1.807) is 6.26 Å². The highest BCUT2D eigenvalue weighted by molar-refractivity contribution is 5.65. The Morgan fingerprint density at radius 3 is 2.47 bits per heavy atom. The van der Waals surface area contributed by atoms with E-state index in [0.717, 1.165) is 56.9 Å². The summed E-state index contributed by atoms with van der Waals surface area (Å²) in [6.45, 7) is 11.4. The Balaban J connectivity index is 1.61. The lowest BCUT2D eigenvalue weighted by atomic mass is 9.41. The molecule has 1 heterocycles. The molecule has 0 spiro atoms. The summed E-state index contributed by atoms with van der Waals surface area (Å²) in [5.41, 5.74) is 0.0650. The van der Waals surface area contributed by atoms with Crippen molar-refractivity contribution in [3.8, 4) is 0 Å². The van der Waals surface area contributed by atoms with E-state index in [9.17, 15) is 14.7 Å². The molecule has 0 bridgehead atoms. The van der Waals surface area contributed by atoms with Gasteiger partial charge in [-0.3, -0.25) is 4.79 Å². The van der Waals surface area contributed by atoms with Crippen LogP contribution in [0.3, 0.4) is 0 Å². The fraction of sp³-hybridized carbons (Fsp3) is 0.778. The number of rotatable bonds is 5. The Bertz CT molecular complexity index is 898. The van der Waals surface area contributed by atoms with E-state index in [1.807, 2.05) is 6.07 Å². The highest BCUT2D eigenvalue weighted by Gasteiger charge is 2.67. The third-order valence-corrected chi connectivity index (χ3v) is 10.4. The minimum Gasteiger partial charge on any atom is -0.466 e. The summed E-state index contributed by atoms with van der Waals surface area (Å²) in [6.07, 6.45) is 9.45. The zero-order valence-corrected chi connectivity index (χ0v) is 20.4. The maximum Gasteiger partial charge on any atom is 0.335 e. The van der Waals surface area contributed by atoms with Gasteiger partial charge in [0.15, 0.2) is 0 Å². The number of aliphatic hydroxyl groups is 1. The molecule has 32 heavy (non-hydrogen) atoms. The first-order chi connectivity index (χ1) is 14.9. The summed E-state index contributed by atoms with van der Waals surface area (Å²) >= 11 is 0. The maximum atomic E-state index is 12.3. The van der Waals surface area contributed by atoms with Gasteiger partial charge in [-0.15, -0.1) is 0 Å². The molecule has 3 saturated carbocycles. The maximum absolute atomic E-state index is 12.3. The van der Waals surface area contributed by atoms with Crippen molar-refractivity contribution in [2.45, 2.75) is 97.5 Å². The lowest BCUT2D eigenvalue weighted by Crippen LogP contribution is -2.62. The third-order valence-electron chi connectivity index (χ3n) is 10.4. The van der Waals surface area contributed by atoms with Crippen LogP contribution in [0.4, 0.5) is 0 Å². The van der Waals surface area contributed by atoms with Crippen molar-refractivity contribution in [1.29, 1.82) is 0 Å². The molecule has 3 fully saturated rings. The van der Waals surface area contributed by atoms with Gasteiger partial charge < -0.3 is 14.3 Å². The van der Waals surface area contributed by atoms with E-state index in [1.165, 1.54) is 13.0 Å². The minimum absolute atomic E-state index is 0.0880. The molecule has 4 rings (SSSR count). The van der Waals surface area contributed by atoms with Gasteiger partial charge in [0.1, 0.15) is 0 Å². The van der Waals surface area contributed by atoms with Crippen LogP contribution in [0.15, 0.2) is 27.6 Å². The molecule has 5 heteroatoms. The number of hydrogen-bond donors (Lipinski definition) is 1. The van der Waals surface area contributed by atoms with Crippen molar-refractivity contribution in [3.05, 3.63) is 34.4 Å². The molecule has 0 aliphatic heterocycles. The number of carbonyl (C=O) groups is 1. The summed E-state index contributed by atoms with van der Waals surface area (Å²) < 4.78 is 10.4. The van der Waals surface area contributed by atoms with Crippen LogP contribution in [0.25, 0.3) is 0 Å². The van der Waals surface area contributed by atoms with Crippen LogP contribution >= 0.6 is 0 Å². The average Bonchev–Trinajstić information content (AvgIpc) is 3.00. The predicted molar refractivity (Wildman–Crippen MR) is 123 cm³/mol. The molecular weight excluding hydrogens is 404 g/mol. The number of ether oxygens (including phenoxy) is 1. The number of esters is 1. The lowest BCUT2D eigenvalue weighted by Gasteiger charge is -2.65. The first-order valence-electron chi connectivity index (χ1n) is 12.4. The smallest absolute Gasteiger partial charge is 0.335 e. The molecule has 5 nitrogen and oxygen atoms in total. The van der Waals surface area contributed by atoms with E-state index in [0.29, 0.717) is 12.5 Å².